The second-order valence-electron chi connectivity index (χ2n) is 5.96. The van der Waals surface area contributed by atoms with Crippen LogP contribution in [0.25, 0.3) is 0 Å². The molecule has 1 fully saturated rings. The van der Waals surface area contributed by atoms with Crippen LogP contribution in [0.15, 0.2) is 18.2 Å². The van der Waals surface area contributed by atoms with Gasteiger partial charge in [0.05, 0.1) is 11.7 Å². The van der Waals surface area contributed by atoms with Gasteiger partial charge >= 0.3 is 0 Å². The quantitative estimate of drug-likeness (QED) is 0.907. The number of benzene rings is 1. The Kier molecular flexibility index (Phi) is 4.21. The fourth-order valence-corrected chi connectivity index (χ4v) is 2.78. The number of hydrogen-bond acceptors (Lipinski definition) is 2. The van der Waals surface area contributed by atoms with Gasteiger partial charge in [-0.3, -0.25) is 0 Å². The maximum atomic E-state index is 13.3. The average molecular weight is 269 g/mol. The Bertz CT molecular complexity index is 450. The first-order chi connectivity index (χ1) is 8.89. The molecule has 2 nitrogen and oxygen atoms in total. The molecule has 0 bridgehead atoms. The lowest BCUT2D eigenvalue weighted by Crippen LogP contribution is -2.49. The first-order valence-electron chi connectivity index (χ1n) is 6.73. The third-order valence-electron chi connectivity index (χ3n) is 3.41. The van der Waals surface area contributed by atoms with Crippen LogP contribution >= 0.6 is 0 Å². The summed E-state index contributed by atoms with van der Waals surface area (Å²) in [5.41, 5.74) is 0.420. The van der Waals surface area contributed by atoms with E-state index in [2.05, 4.69) is 26.1 Å². The third-order valence-corrected chi connectivity index (χ3v) is 3.41. The Morgan fingerprint density at radius 3 is 2.74 bits per heavy atom. The van der Waals surface area contributed by atoms with E-state index in [1.165, 1.54) is 6.07 Å². The highest BCUT2D eigenvalue weighted by Crippen LogP contribution is 2.31. The van der Waals surface area contributed by atoms with Gasteiger partial charge in [0.1, 0.15) is 0 Å². The molecule has 2 unspecified atom stereocenters. The van der Waals surface area contributed by atoms with Crippen LogP contribution in [0, 0.1) is 17.6 Å². The Labute approximate surface area is 113 Å². The minimum Gasteiger partial charge on any atom is -0.365 e. The van der Waals surface area contributed by atoms with Crippen LogP contribution in [0.3, 0.4) is 0 Å². The summed E-state index contributed by atoms with van der Waals surface area (Å²) in [5.74, 6) is -1.12. The van der Waals surface area contributed by atoms with Crippen molar-refractivity contribution in [3.8, 4) is 0 Å². The smallest absolute Gasteiger partial charge is 0.159 e. The molecule has 1 aliphatic heterocycles. The van der Waals surface area contributed by atoms with Crippen molar-refractivity contribution in [2.24, 2.45) is 5.92 Å². The molecule has 0 aromatic heterocycles. The van der Waals surface area contributed by atoms with Crippen molar-refractivity contribution < 1.29 is 13.5 Å². The zero-order chi connectivity index (χ0) is 14.0. The summed E-state index contributed by atoms with van der Waals surface area (Å²) < 4.78 is 32.4. The van der Waals surface area contributed by atoms with E-state index in [1.54, 1.807) is 6.07 Å². The van der Waals surface area contributed by atoms with Gasteiger partial charge in [0.25, 0.3) is 0 Å². The Hall–Kier alpha value is -1.00. The number of ether oxygens (including phenoxy) is 1. The molecule has 1 saturated heterocycles. The zero-order valence-corrected chi connectivity index (χ0v) is 11.7. The maximum Gasteiger partial charge on any atom is 0.159 e. The van der Waals surface area contributed by atoms with E-state index < -0.39 is 11.6 Å². The number of halogens is 2. The van der Waals surface area contributed by atoms with Gasteiger partial charge in [-0.15, -0.1) is 0 Å². The molecule has 0 saturated carbocycles. The molecule has 19 heavy (non-hydrogen) atoms. The first kappa shape index (κ1) is 14.4. The van der Waals surface area contributed by atoms with Crippen molar-refractivity contribution >= 4 is 0 Å². The van der Waals surface area contributed by atoms with Gasteiger partial charge in [-0.2, -0.15) is 0 Å². The van der Waals surface area contributed by atoms with E-state index in [4.69, 9.17) is 4.74 Å². The van der Waals surface area contributed by atoms with E-state index in [0.717, 1.165) is 19.0 Å². The standard InChI is InChI=1S/C15H21F2NO/c1-10(2)7-15(3)9-18-8-14(19-15)11-4-5-12(16)13(17)6-11/h4-6,10,14,18H,7-9H2,1-3H3. The fraction of sp³-hybridized carbons (Fsp3) is 0.600. The molecule has 2 rings (SSSR count). The van der Waals surface area contributed by atoms with Crippen LogP contribution in [0.5, 0.6) is 0 Å². The second-order valence-corrected chi connectivity index (χ2v) is 5.96. The summed E-state index contributed by atoms with van der Waals surface area (Å²) in [4.78, 5) is 0. The lowest BCUT2D eigenvalue weighted by molar-refractivity contribution is -0.117. The Balaban J connectivity index is 2.14. The highest BCUT2D eigenvalue weighted by atomic mass is 19.2. The molecule has 4 heteroatoms. The molecule has 106 valence electrons. The Morgan fingerprint density at radius 1 is 1.37 bits per heavy atom. The number of rotatable bonds is 3. The number of hydrogen-bond donors (Lipinski definition) is 1. The van der Waals surface area contributed by atoms with Crippen LogP contribution in [0.1, 0.15) is 38.9 Å². The van der Waals surface area contributed by atoms with E-state index in [1.807, 2.05) is 0 Å². The summed E-state index contributed by atoms with van der Waals surface area (Å²) >= 11 is 0. The number of nitrogens with one attached hydrogen (secondary N) is 1. The molecule has 1 heterocycles. The molecular formula is C15H21F2NO. The lowest BCUT2D eigenvalue weighted by Gasteiger charge is -2.40. The summed E-state index contributed by atoms with van der Waals surface area (Å²) in [6.07, 6.45) is 0.702. The van der Waals surface area contributed by atoms with Crippen molar-refractivity contribution in [2.75, 3.05) is 13.1 Å². The first-order valence-corrected chi connectivity index (χ1v) is 6.73. The largest absolute Gasteiger partial charge is 0.365 e. The summed E-state index contributed by atoms with van der Waals surface area (Å²) in [7, 11) is 0. The van der Waals surface area contributed by atoms with Gasteiger partial charge < -0.3 is 10.1 Å². The summed E-state index contributed by atoms with van der Waals surface area (Å²) in [6, 6.07) is 3.97. The van der Waals surface area contributed by atoms with Crippen LogP contribution < -0.4 is 5.32 Å². The van der Waals surface area contributed by atoms with Gasteiger partial charge in [-0.05, 0) is 37.0 Å². The van der Waals surface area contributed by atoms with Gasteiger partial charge in [-0.25, -0.2) is 8.78 Å². The van der Waals surface area contributed by atoms with Crippen molar-refractivity contribution in [1.29, 1.82) is 0 Å². The Morgan fingerprint density at radius 2 is 2.11 bits per heavy atom. The van der Waals surface area contributed by atoms with E-state index in [9.17, 15) is 8.78 Å². The highest BCUT2D eigenvalue weighted by Gasteiger charge is 2.34. The van der Waals surface area contributed by atoms with Crippen LogP contribution in [0.2, 0.25) is 0 Å². The predicted molar refractivity (Wildman–Crippen MR) is 70.9 cm³/mol. The van der Waals surface area contributed by atoms with Crippen molar-refractivity contribution in [2.45, 2.75) is 38.9 Å². The summed E-state index contributed by atoms with van der Waals surface area (Å²) in [5, 5.41) is 3.32. The number of morpholine rings is 1. The molecule has 1 aliphatic rings. The minimum atomic E-state index is -0.822. The van der Waals surface area contributed by atoms with Gasteiger partial charge in [0, 0.05) is 13.1 Å². The minimum absolute atomic E-state index is 0.229. The van der Waals surface area contributed by atoms with Crippen LogP contribution in [-0.2, 0) is 4.74 Å². The molecule has 0 radical (unpaired) electrons. The molecule has 0 amide bonds. The van der Waals surface area contributed by atoms with E-state index in [0.29, 0.717) is 18.0 Å². The molecule has 1 N–H and O–H groups in total. The van der Waals surface area contributed by atoms with E-state index >= 15 is 0 Å². The lowest BCUT2D eigenvalue weighted by atomic mass is 9.91. The van der Waals surface area contributed by atoms with Crippen LogP contribution in [-0.4, -0.2) is 18.7 Å². The van der Waals surface area contributed by atoms with Gasteiger partial charge in [-0.1, -0.05) is 19.9 Å². The molecule has 0 aliphatic carbocycles. The molecular weight excluding hydrogens is 248 g/mol. The average Bonchev–Trinajstić information content (AvgIpc) is 2.31. The van der Waals surface area contributed by atoms with E-state index in [-0.39, 0.29) is 11.7 Å². The monoisotopic (exact) mass is 269 g/mol. The summed E-state index contributed by atoms with van der Waals surface area (Å²) in [6.45, 7) is 7.77. The highest BCUT2D eigenvalue weighted by molar-refractivity contribution is 5.21. The zero-order valence-electron chi connectivity index (χ0n) is 11.7. The van der Waals surface area contributed by atoms with Gasteiger partial charge in [0.2, 0.25) is 0 Å². The van der Waals surface area contributed by atoms with Crippen LogP contribution in [0.4, 0.5) is 8.78 Å². The molecule has 0 spiro atoms. The fourth-order valence-electron chi connectivity index (χ4n) is 2.78. The van der Waals surface area contributed by atoms with Crippen molar-refractivity contribution in [1.82, 2.24) is 5.32 Å². The molecule has 1 aromatic rings. The second kappa shape index (κ2) is 5.55. The predicted octanol–water partition coefficient (Wildman–Crippen LogP) is 3.43. The normalized spacial score (nSPS) is 27.8. The topological polar surface area (TPSA) is 21.3 Å². The molecule has 1 aromatic carbocycles. The molecule has 2 atom stereocenters. The third kappa shape index (κ3) is 3.51. The van der Waals surface area contributed by atoms with Gasteiger partial charge in [0.15, 0.2) is 11.6 Å². The van der Waals surface area contributed by atoms with Crippen molar-refractivity contribution in [3.63, 3.8) is 0 Å². The SMILES string of the molecule is CC(C)CC1(C)CNCC(c2ccc(F)c(F)c2)O1. The van der Waals surface area contributed by atoms with Crippen molar-refractivity contribution in [3.05, 3.63) is 35.4 Å². The maximum absolute atomic E-state index is 13.3.